The second kappa shape index (κ2) is 8.04. The third kappa shape index (κ3) is 6.46. The Morgan fingerprint density at radius 3 is 2.75 bits per heavy atom. The van der Waals surface area contributed by atoms with Gasteiger partial charge in [-0.1, -0.05) is 13.3 Å². The molecule has 3 atom stereocenters. The standard InChI is InChI=1S/C13H26O3/c1-11(6-5-7-12(2)14)10-16-13-8-3-4-9-15-13/h11-14H,3-10H2,1-2H3/t11-,12?,13?/m0/s1. The van der Waals surface area contributed by atoms with E-state index in [1.165, 1.54) is 12.8 Å². The van der Waals surface area contributed by atoms with E-state index in [1.807, 2.05) is 6.92 Å². The minimum absolute atomic E-state index is 0.0352. The Balaban J connectivity index is 1.98. The van der Waals surface area contributed by atoms with Crippen LogP contribution < -0.4 is 0 Å². The van der Waals surface area contributed by atoms with Crippen molar-refractivity contribution in [1.82, 2.24) is 0 Å². The zero-order valence-electron chi connectivity index (χ0n) is 10.7. The Bertz CT molecular complexity index is 165. The van der Waals surface area contributed by atoms with E-state index < -0.39 is 0 Å². The van der Waals surface area contributed by atoms with Crippen LogP contribution in [0.3, 0.4) is 0 Å². The molecule has 2 unspecified atom stereocenters. The molecule has 96 valence electrons. The van der Waals surface area contributed by atoms with Crippen molar-refractivity contribution < 1.29 is 14.6 Å². The van der Waals surface area contributed by atoms with Crippen LogP contribution in [0.5, 0.6) is 0 Å². The molecule has 0 aromatic rings. The van der Waals surface area contributed by atoms with Crippen LogP contribution >= 0.6 is 0 Å². The minimum atomic E-state index is -0.171. The van der Waals surface area contributed by atoms with Crippen molar-refractivity contribution in [2.24, 2.45) is 5.92 Å². The van der Waals surface area contributed by atoms with E-state index in [1.54, 1.807) is 0 Å². The van der Waals surface area contributed by atoms with Gasteiger partial charge in [0.05, 0.1) is 12.7 Å². The van der Waals surface area contributed by atoms with Gasteiger partial charge >= 0.3 is 0 Å². The maximum Gasteiger partial charge on any atom is 0.157 e. The summed E-state index contributed by atoms with van der Waals surface area (Å²) < 4.78 is 11.2. The van der Waals surface area contributed by atoms with Crippen molar-refractivity contribution in [2.75, 3.05) is 13.2 Å². The molecule has 16 heavy (non-hydrogen) atoms. The molecule has 0 amide bonds. The third-order valence-corrected chi connectivity index (χ3v) is 3.02. The summed E-state index contributed by atoms with van der Waals surface area (Å²) in [4.78, 5) is 0. The summed E-state index contributed by atoms with van der Waals surface area (Å²) in [6.45, 7) is 5.67. The minimum Gasteiger partial charge on any atom is -0.393 e. The first-order valence-electron chi connectivity index (χ1n) is 6.59. The predicted octanol–water partition coefficient (Wildman–Crippen LogP) is 2.72. The smallest absolute Gasteiger partial charge is 0.157 e. The number of aliphatic hydroxyl groups is 1. The van der Waals surface area contributed by atoms with Crippen LogP contribution in [0.1, 0.15) is 52.4 Å². The van der Waals surface area contributed by atoms with Crippen molar-refractivity contribution >= 4 is 0 Å². The summed E-state index contributed by atoms with van der Waals surface area (Å²) in [7, 11) is 0. The van der Waals surface area contributed by atoms with E-state index >= 15 is 0 Å². The fourth-order valence-electron chi connectivity index (χ4n) is 1.96. The van der Waals surface area contributed by atoms with Gasteiger partial charge in [-0.2, -0.15) is 0 Å². The van der Waals surface area contributed by atoms with Gasteiger partial charge in [-0.15, -0.1) is 0 Å². The molecule has 1 rings (SSSR count). The highest BCUT2D eigenvalue weighted by molar-refractivity contribution is 4.58. The van der Waals surface area contributed by atoms with Crippen LogP contribution in [0.25, 0.3) is 0 Å². The van der Waals surface area contributed by atoms with Crippen molar-refractivity contribution in [3.63, 3.8) is 0 Å². The zero-order chi connectivity index (χ0) is 11.8. The summed E-state index contributed by atoms with van der Waals surface area (Å²) in [6, 6.07) is 0. The van der Waals surface area contributed by atoms with E-state index in [0.29, 0.717) is 5.92 Å². The molecule has 3 nitrogen and oxygen atoms in total. The molecule has 1 aliphatic heterocycles. The van der Waals surface area contributed by atoms with Crippen molar-refractivity contribution in [2.45, 2.75) is 64.8 Å². The maximum atomic E-state index is 9.15. The lowest BCUT2D eigenvalue weighted by Crippen LogP contribution is -2.24. The number of aliphatic hydroxyl groups excluding tert-OH is 1. The third-order valence-electron chi connectivity index (χ3n) is 3.02. The Kier molecular flexibility index (Phi) is 7.01. The van der Waals surface area contributed by atoms with Gasteiger partial charge < -0.3 is 14.6 Å². The second-order valence-electron chi connectivity index (χ2n) is 5.01. The lowest BCUT2D eigenvalue weighted by Gasteiger charge is -2.24. The summed E-state index contributed by atoms with van der Waals surface area (Å²) >= 11 is 0. The lowest BCUT2D eigenvalue weighted by molar-refractivity contribution is -0.168. The fourth-order valence-corrected chi connectivity index (χ4v) is 1.96. The molecule has 1 saturated heterocycles. The number of ether oxygens (including phenoxy) is 2. The lowest BCUT2D eigenvalue weighted by atomic mass is 10.0. The normalized spacial score (nSPS) is 25.3. The van der Waals surface area contributed by atoms with E-state index in [9.17, 15) is 0 Å². The predicted molar refractivity (Wildman–Crippen MR) is 64.2 cm³/mol. The molecule has 1 N–H and O–H groups in total. The highest BCUT2D eigenvalue weighted by atomic mass is 16.7. The molecular formula is C13H26O3. The molecule has 0 spiro atoms. The highest BCUT2D eigenvalue weighted by Gasteiger charge is 2.15. The molecular weight excluding hydrogens is 204 g/mol. The van der Waals surface area contributed by atoms with E-state index in [-0.39, 0.29) is 12.4 Å². The highest BCUT2D eigenvalue weighted by Crippen LogP contribution is 2.16. The van der Waals surface area contributed by atoms with Crippen LogP contribution in [0.15, 0.2) is 0 Å². The van der Waals surface area contributed by atoms with Gasteiger partial charge in [0.2, 0.25) is 0 Å². The van der Waals surface area contributed by atoms with Crippen molar-refractivity contribution in [3.8, 4) is 0 Å². The van der Waals surface area contributed by atoms with Gasteiger partial charge in [0.15, 0.2) is 6.29 Å². The second-order valence-corrected chi connectivity index (χ2v) is 5.01. The van der Waals surface area contributed by atoms with Gasteiger partial charge in [0.1, 0.15) is 0 Å². The first-order chi connectivity index (χ1) is 7.68. The molecule has 0 aliphatic carbocycles. The number of hydrogen-bond acceptors (Lipinski definition) is 3. The molecule has 0 radical (unpaired) electrons. The molecule has 3 heteroatoms. The van der Waals surface area contributed by atoms with E-state index in [4.69, 9.17) is 14.6 Å². The molecule has 0 aromatic carbocycles. The van der Waals surface area contributed by atoms with Crippen molar-refractivity contribution in [3.05, 3.63) is 0 Å². The Hall–Kier alpha value is -0.120. The fraction of sp³-hybridized carbons (Fsp3) is 1.00. The molecule has 1 aliphatic rings. The number of hydrogen-bond donors (Lipinski definition) is 1. The summed E-state index contributed by atoms with van der Waals surface area (Å²) in [5, 5.41) is 9.15. The van der Waals surface area contributed by atoms with E-state index in [0.717, 1.165) is 38.9 Å². The zero-order valence-corrected chi connectivity index (χ0v) is 10.7. The van der Waals surface area contributed by atoms with Crippen LogP contribution in [0, 0.1) is 5.92 Å². The van der Waals surface area contributed by atoms with Crippen LogP contribution in [0.2, 0.25) is 0 Å². The Labute approximate surface area is 99.1 Å². The van der Waals surface area contributed by atoms with E-state index in [2.05, 4.69) is 6.92 Å². The van der Waals surface area contributed by atoms with Gasteiger partial charge in [0.25, 0.3) is 0 Å². The molecule has 0 saturated carbocycles. The quantitative estimate of drug-likeness (QED) is 0.731. The average molecular weight is 230 g/mol. The summed E-state index contributed by atoms with van der Waals surface area (Å²) in [5.41, 5.74) is 0. The van der Waals surface area contributed by atoms with Crippen molar-refractivity contribution in [1.29, 1.82) is 0 Å². The summed E-state index contributed by atoms with van der Waals surface area (Å²) in [5.74, 6) is 0.560. The monoisotopic (exact) mass is 230 g/mol. The molecule has 0 bridgehead atoms. The molecule has 1 heterocycles. The topological polar surface area (TPSA) is 38.7 Å². The Morgan fingerprint density at radius 2 is 2.12 bits per heavy atom. The van der Waals surface area contributed by atoms with Crippen LogP contribution in [-0.4, -0.2) is 30.7 Å². The first-order valence-corrected chi connectivity index (χ1v) is 6.59. The summed E-state index contributed by atoms with van der Waals surface area (Å²) in [6.07, 6.45) is 6.39. The largest absolute Gasteiger partial charge is 0.393 e. The van der Waals surface area contributed by atoms with Gasteiger partial charge in [-0.05, 0) is 44.9 Å². The number of rotatable bonds is 7. The molecule has 0 aromatic heterocycles. The van der Waals surface area contributed by atoms with Crippen LogP contribution in [0.4, 0.5) is 0 Å². The van der Waals surface area contributed by atoms with Gasteiger partial charge in [-0.25, -0.2) is 0 Å². The first kappa shape index (κ1) is 13.9. The average Bonchev–Trinajstić information content (AvgIpc) is 2.27. The Morgan fingerprint density at radius 1 is 1.31 bits per heavy atom. The maximum absolute atomic E-state index is 9.15. The SMILES string of the molecule is CC(O)CCC[C@H](C)COC1CCCCO1. The van der Waals surface area contributed by atoms with Crippen LogP contribution in [-0.2, 0) is 9.47 Å². The molecule has 1 fully saturated rings. The van der Waals surface area contributed by atoms with Gasteiger partial charge in [-0.3, -0.25) is 0 Å². The van der Waals surface area contributed by atoms with Gasteiger partial charge in [0, 0.05) is 6.61 Å².